The fourth-order valence-corrected chi connectivity index (χ4v) is 9.25. The third-order valence-corrected chi connectivity index (χ3v) is 12.0. The second-order valence-corrected chi connectivity index (χ2v) is 15.5. The molecule has 286 valence electrons. The van der Waals surface area contributed by atoms with Crippen molar-refractivity contribution in [3.63, 3.8) is 0 Å². The van der Waals surface area contributed by atoms with Crippen molar-refractivity contribution in [1.82, 2.24) is 14.2 Å². The molecule has 0 bridgehead atoms. The summed E-state index contributed by atoms with van der Waals surface area (Å²) in [5.74, 6) is 1.43. The molecular weight excluding hydrogens is 703 g/mol. The molecule has 1 aliphatic heterocycles. The van der Waals surface area contributed by atoms with Crippen LogP contribution in [0, 0.1) is 18.3 Å². The Balaban J connectivity index is 1.61. The summed E-state index contributed by atoms with van der Waals surface area (Å²) in [7, 11) is 2.05. The van der Waals surface area contributed by atoms with Gasteiger partial charge in [0.15, 0.2) is 0 Å². The molecule has 0 radical (unpaired) electrons. The minimum Gasteiger partial charge on any atom is -0.497 e. The highest BCUT2D eigenvalue weighted by molar-refractivity contribution is 7.50. The first-order valence-corrected chi connectivity index (χ1v) is 19.6. The molecule has 12 heteroatoms. The zero-order valence-corrected chi connectivity index (χ0v) is 33.0. The quantitative estimate of drug-likeness (QED) is 0.0665. The summed E-state index contributed by atoms with van der Waals surface area (Å²) in [4.78, 5) is 27.9. The number of ether oxygens (including phenoxy) is 4. The average Bonchev–Trinajstić information content (AvgIpc) is 3.57. The van der Waals surface area contributed by atoms with Crippen molar-refractivity contribution < 1.29 is 23.5 Å². The van der Waals surface area contributed by atoms with Crippen LogP contribution in [0.1, 0.15) is 69.0 Å². The Morgan fingerprint density at radius 1 is 0.926 bits per heavy atom. The second kappa shape index (κ2) is 18.7. The van der Waals surface area contributed by atoms with Gasteiger partial charge in [-0.1, -0.05) is 66.7 Å². The van der Waals surface area contributed by atoms with E-state index < -0.39 is 43.6 Å². The van der Waals surface area contributed by atoms with Gasteiger partial charge in [-0.05, 0) is 75.6 Å². The molecule has 3 aromatic carbocycles. The van der Waals surface area contributed by atoms with Gasteiger partial charge < -0.3 is 23.5 Å². The van der Waals surface area contributed by atoms with E-state index in [1.54, 1.807) is 21.1 Å². The summed E-state index contributed by atoms with van der Waals surface area (Å²) in [6.45, 7) is 10.3. The normalized spacial score (nSPS) is 18.1. The van der Waals surface area contributed by atoms with E-state index in [9.17, 15) is 14.9 Å². The summed E-state index contributed by atoms with van der Waals surface area (Å²) in [5.41, 5.74) is 0.932. The minimum absolute atomic E-state index is 0.0853. The van der Waals surface area contributed by atoms with Gasteiger partial charge >= 0.3 is 5.69 Å². The molecule has 54 heavy (non-hydrogen) atoms. The number of rotatable bonds is 17. The third kappa shape index (κ3) is 9.20. The van der Waals surface area contributed by atoms with Crippen LogP contribution in [0.4, 0.5) is 0 Å². The SMILES string of the molecule is COc1ccc(C(OC[C@H]2O[C@@H](n3cc(C)c(=O)[nH]c3=O)C[C@@H]2OP(C/C=C/CC#N)N(C(C)C)C(C)C)(c2ccccc2)c2ccc(OC)cc2)cc1. The molecule has 0 spiro atoms. The molecule has 1 N–H and O–H groups in total. The molecule has 5 rings (SSSR count). The van der Waals surface area contributed by atoms with Crippen molar-refractivity contribution in [3.8, 4) is 17.6 Å². The Morgan fingerprint density at radius 3 is 2.04 bits per heavy atom. The maximum atomic E-state index is 13.2. The van der Waals surface area contributed by atoms with Crippen molar-refractivity contribution in [2.75, 3.05) is 27.0 Å². The van der Waals surface area contributed by atoms with Gasteiger partial charge in [-0.25, -0.2) is 4.79 Å². The van der Waals surface area contributed by atoms with Crippen LogP contribution in [0.2, 0.25) is 0 Å². The fourth-order valence-electron chi connectivity index (χ4n) is 6.97. The van der Waals surface area contributed by atoms with Gasteiger partial charge in [0.2, 0.25) is 0 Å². The predicted octanol–water partition coefficient (Wildman–Crippen LogP) is 7.44. The summed E-state index contributed by atoms with van der Waals surface area (Å²) < 4.78 is 36.0. The smallest absolute Gasteiger partial charge is 0.330 e. The molecule has 1 fully saturated rings. The number of H-pyrrole nitrogens is 1. The number of benzene rings is 3. The standard InChI is InChI=1S/C42H51N4O7P/c1-29(2)46(30(3)4)54(25-13-9-12-24-43)53-37-26-39(45-27-31(5)40(47)44-41(45)48)52-38(37)28-51-42(32-14-10-8-11-15-32,33-16-20-35(49-6)21-17-33)34-18-22-36(50-7)23-19-34/h8-11,13-23,27,29-30,37-39H,12,25-26,28H2,1-7H3,(H,44,47,48)/b13-9+/t37-,38+,39+,54?/m0/s1. The number of aromatic amines is 1. The summed E-state index contributed by atoms with van der Waals surface area (Å²) >= 11 is 0. The lowest BCUT2D eigenvalue weighted by Crippen LogP contribution is -2.39. The average molecular weight is 755 g/mol. The molecule has 0 amide bonds. The van der Waals surface area contributed by atoms with E-state index in [-0.39, 0.29) is 18.7 Å². The van der Waals surface area contributed by atoms with Crippen molar-refractivity contribution in [3.05, 3.63) is 140 Å². The van der Waals surface area contributed by atoms with Crippen LogP contribution >= 0.6 is 8.30 Å². The number of aromatic nitrogens is 2. The summed E-state index contributed by atoms with van der Waals surface area (Å²) in [5, 5.41) is 9.17. The number of nitrogens with zero attached hydrogens (tertiary/aromatic N) is 3. The Kier molecular flexibility index (Phi) is 14.0. The van der Waals surface area contributed by atoms with Crippen LogP contribution < -0.4 is 20.7 Å². The summed E-state index contributed by atoms with van der Waals surface area (Å²) in [6, 6.07) is 28.2. The van der Waals surface area contributed by atoms with Crippen LogP contribution in [-0.4, -0.2) is 65.5 Å². The van der Waals surface area contributed by atoms with Crippen LogP contribution in [0.5, 0.6) is 11.5 Å². The van der Waals surface area contributed by atoms with E-state index in [4.69, 9.17) is 23.5 Å². The third-order valence-electron chi connectivity index (χ3n) is 9.48. The van der Waals surface area contributed by atoms with Gasteiger partial charge in [0.25, 0.3) is 5.56 Å². The number of nitrogens with one attached hydrogen (secondary N) is 1. The van der Waals surface area contributed by atoms with Crippen LogP contribution in [-0.2, 0) is 19.6 Å². The topological polar surface area (TPSA) is 128 Å². The Bertz CT molecular complexity index is 1930. The molecule has 11 nitrogen and oxygen atoms in total. The van der Waals surface area contributed by atoms with Gasteiger partial charge in [0.05, 0.1) is 39.4 Å². The number of nitriles is 1. The van der Waals surface area contributed by atoms with Gasteiger partial charge in [-0.2, -0.15) is 5.26 Å². The maximum Gasteiger partial charge on any atom is 0.330 e. The highest BCUT2D eigenvalue weighted by atomic mass is 31.2. The number of allylic oxidation sites excluding steroid dienone is 2. The van der Waals surface area contributed by atoms with E-state index in [0.717, 1.165) is 16.7 Å². The lowest BCUT2D eigenvalue weighted by Gasteiger charge is -2.39. The van der Waals surface area contributed by atoms with Crippen molar-refractivity contribution in [2.45, 2.75) is 83.6 Å². The zero-order chi connectivity index (χ0) is 38.8. The molecule has 4 aromatic rings. The van der Waals surface area contributed by atoms with Crippen LogP contribution in [0.25, 0.3) is 0 Å². The minimum atomic E-state index is -1.22. The monoisotopic (exact) mass is 754 g/mol. The van der Waals surface area contributed by atoms with E-state index in [1.807, 2.05) is 91.0 Å². The molecule has 1 aliphatic rings. The lowest BCUT2D eigenvalue weighted by atomic mass is 9.80. The first kappa shape index (κ1) is 40.6. The molecule has 0 saturated carbocycles. The Morgan fingerprint density at radius 2 is 1.50 bits per heavy atom. The van der Waals surface area contributed by atoms with E-state index in [1.165, 1.54) is 10.8 Å². The van der Waals surface area contributed by atoms with Gasteiger partial charge in [-0.3, -0.25) is 19.0 Å². The van der Waals surface area contributed by atoms with Crippen molar-refractivity contribution >= 4 is 8.30 Å². The zero-order valence-electron chi connectivity index (χ0n) is 32.1. The number of hydrogen-bond acceptors (Lipinski definition) is 9. The molecule has 0 aliphatic carbocycles. The van der Waals surface area contributed by atoms with E-state index >= 15 is 0 Å². The van der Waals surface area contributed by atoms with Crippen molar-refractivity contribution in [2.24, 2.45) is 0 Å². The number of hydrogen-bond donors (Lipinski definition) is 1. The molecule has 1 aromatic heterocycles. The first-order chi connectivity index (χ1) is 26.0. The predicted molar refractivity (Wildman–Crippen MR) is 211 cm³/mol. The number of aryl methyl sites for hydroxylation is 1. The van der Waals surface area contributed by atoms with E-state index in [2.05, 4.69) is 43.4 Å². The maximum absolute atomic E-state index is 13.2. The number of methoxy groups -OCH3 is 2. The van der Waals surface area contributed by atoms with Gasteiger partial charge in [0.1, 0.15) is 37.7 Å². The molecular formula is C42H51N4O7P. The largest absolute Gasteiger partial charge is 0.497 e. The van der Waals surface area contributed by atoms with Crippen LogP contribution in [0.3, 0.4) is 0 Å². The lowest BCUT2D eigenvalue weighted by molar-refractivity contribution is -0.0914. The van der Waals surface area contributed by atoms with Crippen LogP contribution in [0.15, 0.2) is 107 Å². The fraction of sp³-hybridized carbons (Fsp3) is 0.405. The molecule has 1 unspecified atom stereocenters. The highest BCUT2D eigenvalue weighted by Crippen LogP contribution is 2.50. The van der Waals surface area contributed by atoms with Gasteiger partial charge in [-0.15, -0.1) is 0 Å². The molecule has 1 saturated heterocycles. The second-order valence-electron chi connectivity index (χ2n) is 13.7. The van der Waals surface area contributed by atoms with Gasteiger partial charge in [0, 0.05) is 36.4 Å². The highest BCUT2D eigenvalue weighted by Gasteiger charge is 2.44. The molecule has 4 atom stereocenters. The first-order valence-electron chi connectivity index (χ1n) is 18.2. The Hall–Kier alpha value is -4.56. The van der Waals surface area contributed by atoms with E-state index in [0.29, 0.717) is 36.1 Å². The summed E-state index contributed by atoms with van der Waals surface area (Å²) in [6.07, 6.45) is 4.83. The van der Waals surface area contributed by atoms with Crippen molar-refractivity contribution in [1.29, 1.82) is 5.26 Å². The molecule has 2 heterocycles. The Labute approximate surface area is 319 Å².